The van der Waals surface area contributed by atoms with Crippen LogP contribution in [-0.2, 0) is 9.59 Å². The SMILES string of the molecule is CC(C)CCCCCC(=O)[C@H]1CC[C@H]2[C@@H]3CC[C@H]4NC(=O)C=C[C@]4(C)[C@H]3CC[C@]12C. The van der Waals surface area contributed by atoms with Gasteiger partial charge < -0.3 is 5.32 Å². The molecule has 3 fully saturated rings. The average Bonchev–Trinajstić information content (AvgIpc) is 3.05. The zero-order valence-corrected chi connectivity index (χ0v) is 19.7. The Morgan fingerprint density at radius 3 is 2.63 bits per heavy atom. The van der Waals surface area contributed by atoms with Gasteiger partial charge in [-0.15, -0.1) is 0 Å². The van der Waals surface area contributed by atoms with Crippen LogP contribution in [0.4, 0.5) is 0 Å². The first-order valence-corrected chi connectivity index (χ1v) is 12.8. The van der Waals surface area contributed by atoms with Crippen molar-refractivity contribution < 1.29 is 9.59 Å². The molecule has 4 rings (SSSR count). The molecule has 0 aromatic heterocycles. The van der Waals surface area contributed by atoms with Gasteiger partial charge in [0.15, 0.2) is 0 Å². The van der Waals surface area contributed by atoms with Gasteiger partial charge in [0.1, 0.15) is 5.78 Å². The minimum Gasteiger partial charge on any atom is -0.349 e. The highest BCUT2D eigenvalue weighted by Crippen LogP contribution is 2.65. The molecule has 0 aromatic rings. The molecule has 0 spiro atoms. The molecule has 0 radical (unpaired) electrons. The van der Waals surface area contributed by atoms with Crippen LogP contribution < -0.4 is 5.32 Å². The van der Waals surface area contributed by atoms with Gasteiger partial charge in [0.05, 0.1) is 0 Å². The third-order valence-electron chi connectivity index (χ3n) is 9.78. The fourth-order valence-corrected chi connectivity index (χ4v) is 8.07. The average molecular weight is 414 g/mol. The number of hydrogen-bond acceptors (Lipinski definition) is 2. The molecule has 3 saturated carbocycles. The molecule has 30 heavy (non-hydrogen) atoms. The molecule has 3 aliphatic carbocycles. The van der Waals surface area contributed by atoms with Crippen molar-refractivity contribution in [3.8, 4) is 0 Å². The molecule has 7 atom stereocenters. The fourth-order valence-electron chi connectivity index (χ4n) is 8.07. The van der Waals surface area contributed by atoms with Crippen LogP contribution in [-0.4, -0.2) is 17.7 Å². The predicted molar refractivity (Wildman–Crippen MR) is 122 cm³/mol. The summed E-state index contributed by atoms with van der Waals surface area (Å²) >= 11 is 0. The number of hydrogen-bond donors (Lipinski definition) is 1. The minimum atomic E-state index is 0.0801. The molecule has 0 aromatic carbocycles. The first kappa shape index (κ1) is 22.1. The van der Waals surface area contributed by atoms with Crippen LogP contribution >= 0.6 is 0 Å². The molecule has 3 heteroatoms. The molecule has 1 heterocycles. The van der Waals surface area contributed by atoms with Gasteiger partial charge in [0.2, 0.25) is 5.91 Å². The smallest absolute Gasteiger partial charge is 0.243 e. The molecule has 1 aliphatic heterocycles. The summed E-state index contributed by atoms with van der Waals surface area (Å²) in [5.41, 5.74) is 0.303. The highest BCUT2D eigenvalue weighted by atomic mass is 16.1. The Hall–Kier alpha value is -1.12. The Morgan fingerprint density at radius 2 is 1.87 bits per heavy atom. The van der Waals surface area contributed by atoms with E-state index in [1.54, 1.807) is 6.08 Å². The van der Waals surface area contributed by atoms with Crippen LogP contribution in [0.3, 0.4) is 0 Å². The van der Waals surface area contributed by atoms with E-state index in [0.29, 0.717) is 35.5 Å². The van der Waals surface area contributed by atoms with E-state index in [0.717, 1.165) is 31.6 Å². The number of unbranched alkanes of at least 4 members (excludes halogenated alkanes) is 2. The van der Waals surface area contributed by atoms with Gasteiger partial charge in [-0.25, -0.2) is 0 Å². The summed E-state index contributed by atoms with van der Waals surface area (Å²) in [4.78, 5) is 25.1. The van der Waals surface area contributed by atoms with Crippen LogP contribution in [0.1, 0.15) is 98.3 Å². The Bertz CT molecular complexity index is 697. The first-order chi connectivity index (χ1) is 14.3. The van der Waals surface area contributed by atoms with E-state index in [4.69, 9.17) is 0 Å². The second-order valence-electron chi connectivity index (χ2n) is 11.8. The van der Waals surface area contributed by atoms with Crippen molar-refractivity contribution in [2.24, 2.45) is 40.4 Å². The monoisotopic (exact) mass is 413 g/mol. The normalized spacial score (nSPS) is 42.4. The zero-order chi connectivity index (χ0) is 21.5. The molecular formula is C27H43NO2. The molecule has 1 amide bonds. The second-order valence-corrected chi connectivity index (χ2v) is 11.8. The number of nitrogens with one attached hydrogen (secondary N) is 1. The number of amides is 1. The van der Waals surface area contributed by atoms with Crippen molar-refractivity contribution in [3.63, 3.8) is 0 Å². The summed E-state index contributed by atoms with van der Waals surface area (Å²) in [5.74, 6) is 3.76. The molecule has 0 saturated heterocycles. The van der Waals surface area contributed by atoms with E-state index in [1.807, 2.05) is 0 Å². The Morgan fingerprint density at radius 1 is 1.07 bits per heavy atom. The summed E-state index contributed by atoms with van der Waals surface area (Å²) in [6, 6.07) is 0.297. The Balaban J connectivity index is 1.41. The summed E-state index contributed by atoms with van der Waals surface area (Å²) in [5, 5.41) is 3.25. The lowest BCUT2D eigenvalue weighted by Crippen LogP contribution is -2.59. The predicted octanol–water partition coefficient (Wildman–Crippen LogP) is 6.08. The van der Waals surface area contributed by atoms with Crippen molar-refractivity contribution in [1.29, 1.82) is 0 Å². The topological polar surface area (TPSA) is 46.2 Å². The van der Waals surface area contributed by atoms with Crippen LogP contribution in [0.2, 0.25) is 0 Å². The lowest BCUT2D eigenvalue weighted by atomic mass is 9.47. The standard InChI is InChI=1S/C27H43NO2/c1-18(2)8-6-5-7-9-23(29)22-12-11-20-19-10-13-24-27(4,17-15-25(30)28-24)21(19)14-16-26(20,22)3/h15,17-22,24H,5-14,16H2,1-4H3,(H,28,30)/t19-,20-,21-,22+,24+,26-,27+/m0/s1. The number of fused-ring (bicyclic) bond motifs is 5. The van der Waals surface area contributed by atoms with E-state index in [2.05, 4.69) is 39.1 Å². The van der Waals surface area contributed by atoms with E-state index < -0.39 is 0 Å². The molecule has 1 N–H and O–H groups in total. The number of rotatable bonds is 7. The zero-order valence-electron chi connectivity index (χ0n) is 19.7. The summed E-state index contributed by atoms with van der Waals surface area (Å²) in [6.07, 6.45) is 16.7. The van der Waals surface area contributed by atoms with E-state index >= 15 is 0 Å². The maximum Gasteiger partial charge on any atom is 0.243 e. The van der Waals surface area contributed by atoms with Crippen LogP contribution in [0.25, 0.3) is 0 Å². The first-order valence-electron chi connectivity index (χ1n) is 12.8. The van der Waals surface area contributed by atoms with Gasteiger partial charge in [-0.05, 0) is 80.1 Å². The van der Waals surface area contributed by atoms with Gasteiger partial charge >= 0.3 is 0 Å². The third-order valence-corrected chi connectivity index (χ3v) is 9.78. The third kappa shape index (κ3) is 3.79. The van der Waals surface area contributed by atoms with E-state index in [1.165, 1.54) is 44.9 Å². The number of carbonyl (C=O) groups is 2. The van der Waals surface area contributed by atoms with Crippen molar-refractivity contribution >= 4 is 11.7 Å². The Labute approximate surface area is 183 Å². The van der Waals surface area contributed by atoms with Gasteiger partial charge in [0.25, 0.3) is 0 Å². The minimum absolute atomic E-state index is 0.0801. The maximum absolute atomic E-state index is 13.2. The highest BCUT2D eigenvalue weighted by Gasteiger charge is 2.60. The molecule has 0 unspecified atom stereocenters. The van der Waals surface area contributed by atoms with Crippen LogP contribution in [0, 0.1) is 40.4 Å². The van der Waals surface area contributed by atoms with Gasteiger partial charge in [0, 0.05) is 23.8 Å². The molecule has 168 valence electrons. The van der Waals surface area contributed by atoms with Crippen molar-refractivity contribution in [3.05, 3.63) is 12.2 Å². The second kappa shape index (κ2) is 8.43. The highest BCUT2D eigenvalue weighted by molar-refractivity contribution is 5.89. The van der Waals surface area contributed by atoms with Crippen LogP contribution in [0.5, 0.6) is 0 Å². The van der Waals surface area contributed by atoms with Gasteiger partial charge in [-0.2, -0.15) is 0 Å². The van der Waals surface area contributed by atoms with Crippen molar-refractivity contribution in [1.82, 2.24) is 5.32 Å². The molecule has 0 bridgehead atoms. The van der Waals surface area contributed by atoms with E-state index in [9.17, 15) is 9.59 Å². The van der Waals surface area contributed by atoms with Crippen molar-refractivity contribution in [2.45, 2.75) is 104 Å². The molecule has 3 nitrogen and oxygen atoms in total. The molecule has 4 aliphatic rings. The van der Waals surface area contributed by atoms with Gasteiger partial charge in [-0.3, -0.25) is 9.59 Å². The number of Topliss-reactive ketones (excluding diaryl/α,β-unsaturated/α-hetero) is 1. The van der Waals surface area contributed by atoms with Gasteiger partial charge in [-0.1, -0.05) is 53.0 Å². The lowest BCUT2D eigenvalue weighted by molar-refractivity contribution is -0.132. The lowest BCUT2D eigenvalue weighted by Gasteiger charge is -2.58. The van der Waals surface area contributed by atoms with Crippen LogP contribution in [0.15, 0.2) is 12.2 Å². The van der Waals surface area contributed by atoms with E-state index in [-0.39, 0.29) is 16.7 Å². The maximum atomic E-state index is 13.2. The summed E-state index contributed by atoms with van der Waals surface area (Å²) in [6.45, 7) is 9.40. The largest absolute Gasteiger partial charge is 0.349 e. The summed E-state index contributed by atoms with van der Waals surface area (Å²) in [7, 11) is 0. The Kier molecular flexibility index (Phi) is 6.21. The number of carbonyl (C=O) groups excluding carboxylic acids is 2. The van der Waals surface area contributed by atoms with Crippen molar-refractivity contribution in [2.75, 3.05) is 0 Å². The summed E-state index contributed by atoms with van der Waals surface area (Å²) < 4.78 is 0. The fraction of sp³-hybridized carbons (Fsp3) is 0.852. The number of ketones is 1. The quantitative estimate of drug-likeness (QED) is 0.514. The molecular weight excluding hydrogens is 370 g/mol.